The number of ether oxygens (including phenoxy) is 1. The van der Waals surface area contributed by atoms with Crippen molar-refractivity contribution in [3.05, 3.63) is 57.0 Å². The Hall–Kier alpha value is -1.32. The zero-order valence-corrected chi connectivity index (χ0v) is 12.9. The molecule has 2 aromatic rings. The first-order valence-electron chi connectivity index (χ1n) is 5.72. The van der Waals surface area contributed by atoms with Crippen LogP contribution in [-0.2, 0) is 0 Å². The lowest BCUT2D eigenvalue weighted by Crippen LogP contribution is -1.94. The van der Waals surface area contributed by atoms with Crippen molar-refractivity contribution in [1.82, 2.24) is 0 Å². The molecule has 19 heavy (non-hydrogen) atoms. The molecule has 2 rings (SSSR count). The van der Waals surface area contributed by atoms with Gasteiger partial charge in [0.25, 0.3) is 0 Å². The van der Waals surface area contributed by atoms with Gasteiger partial charge in [-0.25, -0.2) is 0 Å². The number of halogens is 2. The van der Waals surface area contributed by atoms with E-state index in [0.717, 1.165) is 5.56 Å². The van der Waals surface area contributed by atoms with Gasteiger partial charge in [-0.05, 0) is 65.7 Å². The van der Waals surface area contributed by atoms with Gasteiger partial charge >= 0.3 is 0 Å². The van der Waals surface area contributed by atoms with Gasteiger partial charge in [0.1, 0.15) is 11.5 Å². The fourth-order valence-electron chi connectivity index (χ4n) is 1.66. The van der Waals surface area contributed by atoms with Crippen molar-refractivity contribution in [3.8, 4) is 11.5 Å². The number of benzene rings is 2. The molecule has 0 aromatic heterocycles. The predicted octanol–water partition coefficient (Wildman–Crippen LogP) is 5.41. The molecule has 0 aliphatic carbocycles. The number of hydrogen-bond acceptors (Lipinski definition) is 2. The maximum atomic E-state index is 11.3. The van der Waals surface area contributed by atoms with Crippen molar-refractivity contribution in [2.75, 3.05) is 0 Å². The first-order valence-corrected chi connectivity index (χ1v) is 6.89. The Bertz CT molecular complexity index is 638. The summed E-state index contributed by atoms with van der Waals surface area (Å²) in [5.74, 6) is 1.23. The molecule has 0 saturated heterocycles. The van der Waals surface area contributed by atoms with Crippen molar-refractivity contribution in [2.24, 2.45) is 0 Å². The first-order chi connectivity index (χ1) is 8.97. The van der Waals surface area contributed by atoms with Crippen LogP contribution in [0.1, 0.15) is 22.8 Å². The fraction of sp³-hybridized carbons (Fsp3) is 0.133. The Balaban J connectivity index is 2.29. The molecule has 2 nitrogen and oxygen atoms in total. The minimum atomic E-state index is 0.00629. The minimum Gasteiger partial charge on any atom is -0.456 e. The molecule has 4 heteroatoms. The molecule has 0 aliphatic rings. The van der Waals surface area contributed by atoms with Gasteiger partial charge in [-0.15, -0.1) is 0 Å². The van der Waals surface area contributed by atoms with Crippen molar-refractivity contribution in [2.45, 2.75) is 13.8 Å². The lowest BCUT2D eigenvalue weighted by Gasteiger charge is -2.09. The van der Waals surface area contributed by atoms with Crippen molar-refractivity contribution in [1.29, 1.82) is 0 Å². The molecule has 0 radical (unpaired) electrons. The SMILES string of the molecule is CC(=O)c1ccc(Oc2ccc(C)cc2Cl)cc1Br. The van der Waals surface area contributed by atoms with Crippen LogP contribution >= 0.6 is 27.5 Å². The maximum absolute atomic E-state index is 11.3. The van der Waals surface area contributed by atoms with Gasteiger partial charge in [0, 0.05) is 10.0 Å². The average molecular weight is 340 g/mol. The highest BCUT2D eigenvalue weighted by atomic mass is 79.9. The van der Waals surface area contributed by atoms with Gasteiger partial charge in [0.2, 0.25) is 0 Å². The van der Waals surface area contributed by atoms with Crippen LogP contribution in [0.4, 0.5) is 0 Å². The quantitative estimate of drug-likeness (QED) is 0.699. The van der Waals surface area contributed by atoms with E-state index in [0.29, 0.717) is 26.6 Å². The normalized spacial score (nSPS) is 10.3. The molecule has 0 unspecified atom stereocenters. The Morgan fingerprint density at radius 1 is 1.21 bits per heavy atom. The number of rotatable bonds is 3. The summed E-state index contributed by atoms with van der Waals surface area (Å²) in [6.45, 7) is 3.49. The second-order valence-corrected chi connectivity index (χ2v) is 5.50. The van der Waals surface area contributed by atoms with Gasteiger partial charge in [0.05, 0.1) is 5.02 Å². The Morgan fingerprint density at radius 2 is 1.95 bits per heavy atom. The summed E-state index contributed by atoms with van der Waals surface area (Å²) in [6, 6.07) is 10.8. The van der Waals surface area contributed by atoms with Crippen LogP contribution in [0.15, 0.2) is 40.9 Å². The van der Waals surface area contributed by atoms with E-state index in [4.69, 9.17) is 16.3 Å². The van der Waals surface area contributed by atoms with Gasteiger partial charge < -0.3 is 4.74 Å². The third kappa shape index (κ3) is 3.37. The molecular weight excluding hydrogens is 328 g/mol. The highest BCUT2D eigenvalue weighted by Crippen LogP contribution is 2.32. The summed E-state index contributed by atoms with van der Waals surface area (Å²) in [5.41, 5.74) is 1.70. The molecule has 0 fully saturated rings. The van der Waals surface area contributed by atoms with E-state index < -0.39 is 0 Å². The fourth-order valence-corrected chi connectivity index (χ4v) is 2.57. The number of carbonyl (C=O) groups is 1. The van der Waals surface area contributed by atoms with Gasteiger partial charge in [-0.2, -0.15) is 0 Å². The standard InChI is InChI=1S/C15H12BrClO2/c1-9-3-6-15(14(17)7-9)19-11-4-5-12(10(2)18)13(16)8-11/h3-8H,1-2H3. The van der Waals surface area contributed by atoms with E-state index in [-0.39, 0.29) is 5.78 Å². The number of Topliss-reactive ketones (excluding diaryl/α,β-unsaturated/α-hetero) is 1. The van der Waals surface area contributed by atoms with E-state index in [2.05, 4.69) is 15.9 Å². The Kier molecular flexibility index (Phi) is 4.27. The highest BCUT2D eigenvalue weighted by Gasteiger charge is 2.08. The topological polar surface area (TPSA) is 26.3 Å². The molecule has 0 N–H and O–H groups in total. The lowest BCUT2D eigenvalue weighted by atomic mass is 10.1. The average Bonchev–Trinajstić information content (AvgIpc) is 2.32. The summed E-state index contributed by atoms with van der Waals surface area (Å²) in [6.07, 6.45) is 0. The van der Waals surface area contributed by atoms with Crippen LogP contribution in [0.2, 0.25) is 5.02 Å². The largest absolute Gasteiger partial charge is 0.456 e. The summed E-state index contributed by atoms with van der Waals surface area (Å²) in [5, 5.41) is 0.562. The summed E-state index contributed by atoms with van der Waals surface area (Å²) < 4.78 is 6.42. The molecule has 0 atom stereocenters. The van der Waals surface area contributed by atoms with Gasteiger partial charge in [-0.3, -0.25) is 4.79 Å². The molecule has 0 bridgehead atoms. The van der Waals surface area contributed by atoms with E-state index in [1.807, 2.05) is 25.1 Å². The monoisotopic (exact) mass is 338 g/mol. The van der Waals surface area contributed by atoms with Crippen molar-refractivity contribution >= 4 is 33.3 Å². The van der Waals surface area contributed by atoms with E-state index in [1.165, 1.54) is 6.92 Å². The Morgan fingerprint density at radius 3 is 2.53 bits per heavy atom. The van der Waals surface area contributed by atoms with Crippen LogP contribution in [0.25, 0.3) is 0 Å². The molecule has 2 aromatic carbocycles. The smallest absolute Gasteiger partial charge is 0.160 e. The van der Waals surface area contributed by atoms with Crippen molar-refractivity contribution in [3.63, 3.8) is 0 Å². The van der Waals surface area contributed by atoms with Crippen LogP contribution in [0.3, 0.4) is 0 Å². The molecule has 0 amide bonds. The van der Waals surface area contributed by atoms with Crippen LogP contribution in [0, 0.1) is 6.92 Å². The molecule has 0 aliphatic heterocycles. The number of hydrogen-bond donors (Lipinski definition) is 0. The summed E-state index contributed by atoms with van der Waals surface area (Å²) >= 11 is 9.47. The third-order valence-corrected chi connectivity index (χ3v) is 3.59. The van der Waals surface area contributed by atoms with E-state index in [9.17, 15) is 4.79 Å². The van der Waals surface area contributed by atoms with Gasteiger partial charge in [0.15, 0.2) is 5.78 Å². The van der Waals surface area contributed by atoms with Crippen molar-refractivity contribution < 1.29 is 9.53 Å². The second kappa shape index (κ2) is 5.76. The molecule has 0 spiro atoms. The highest BCUT2D eigenvalue weighted by molar-refractivity contribution is 9.10. The Labute approximate surface area is 125 Å². The van der Waals surface area contributed by atoms with Crippen LogP contribution < -0.4 is 4.74 Å². The lowest BCUT2D eigenvalue weighted by molar-refractivity contribution is 0.101. The second-order valence-electron chi connectivity index (χ2n) is 4.23. The predicted molar refractivity (Wildman–Crippen MR) is 80.4 cm³/mol. The van der Waals surface area contributed by atoms with Crippen LogP contribution in [0.5, 0.6) is 11.5 Å². The van der Waals surface area contributed by atoms with Crippen LogP contribution in [-0.4, -0.2) is 5.78 Å². The minimum absolute atomic E-state index is 0.00629. The van der Waals surface area contributed by atoms with E-state index >= 15 is 0 Å². The number of carbonyl (C=O) groups excluding carboxylic acids is 1. The molecular formula is C15H12BrClO2. The van der Waals surface area contributed by atoms with Gasteiger partial charge in [-0.1, -0.05) is 17.7 Å². The maximum Gasteiger partial charge on any atom is 0.160 e. The molecule has 98 valence electrons. The number of ketones is 1. The molecule has 0 saturated carbocycles. The number of aryl methyl sites for hydroxylation is 1. The first kappa shape index (κ1) is 14.1. The zero-order valence-electron chi connectivity index (χ0n) is 10.5. The zero-order chi connectivity index (χ0) is 14.0. The van der Waals surface area contributed by atoms with E-state index in [1.54, 1.807) is 18.2 Å². The summed E-state index contributed by atoms with van der Waals surface area (Å²) in [7, 11) is 0. The molecule has 0 heterocycles. The third-order valence-electron chi connectivity index (χ3n) is 2.64. The summed E-state index contributed by atoms with van der Waals surface area (Å²) in [4.78, 5) is 11.3.